The summed E-state index contributed by atoms with van der Waals surface area (Å²) in [7, 11) is 0. The van der Waals surface area contributed by atoms with Crippen molar-refractivity contribution in [2.24, 2.45) is 0 Å². The van der Waals surface area contributed by atoms with Crippen LogP contribution in [0.1, 0.15) is 0 Å². The summed E-state index contributed by atoms with van der Waals surface area (Å²) < 4.78 is 144. The van der Waals surface area contributed by atoms with Crippen LogP contribution >= 0.6 is 0 Å². The van der Waals surface area contributed by atoms with Crippen LogP contribution in [-0.2, 0) is 0 Å². The molecular formula is C7H4F12. The van der Waals surface area contributed by atoms with Crippen molar-refractivity contribution in [3.63, 3.8) is 0 Å². The van der Waals surface area contributed by atoms with Gasteiger partial charge in [0.1, 0.15) is 0 Å². The van der Waals surface area contributed by atoms with E-state index in [2.05, 4.69) is 0 Å². The van der Waals surface area contributed by atoms with E-state index in [4.69, 9.17) is 0 Å². The zero-order valence-corrected chi connectivity index (χ0v) is 8.34. The van der Waals surface area contributed by atoms with Crippen molar-refractivity contribution in [2.45, 2.75) is 43.0 Å². The maximum absolute atomic E-state index is 12.5. The summed E-state index contributed by atoms with van der Waals surface area (Å²) in [6, 6.07) is 0. The first-order valence-corrected chi connectivity index (χ1v) is 4.20. The van der Waals surface area contributed by atoms with Crippen LogP contribution in [0.2, 0.25) is 0 Å². The minimum Gasteiger partial charge on any atom is -0.241 e. The Morgan fingerprint density at radius 2 is 0.947 bits per heavy atom. The third-order valence-electron chi connectivity index (χ3n) is 1.95. The quantitative estimate of drug-likeness (QED) is 0.670. The number of hydrogen-bond donors (Lipinski definition) is 0. The van der Waals surface area contributed by atoms with Crippen LogP contribution in [-0.4, -0.2) is 43.0 Å². The smallest absolute Gasteiger partial charge is 0.241 e. The molecule has 3 unspecified atom stereocenters. The fraction of sp³-hybridized carbons (Fsp3) is 1.00. The summed E-state index contributed by atoms with van der Waals surface area (Å²) >= 11 is 0. The van der Waals surface area contributed by atoms with Gasteiger partial charge in [0.2, 0.25) is 6.17 Å². The van der Waals surface area contributed by atoms with E-state index < -0.39 is 43.0 Å². The van der Waals surface area contributed by atoms with E-state index in [0.29, 0.717) is 0 Å². The maximum Gasteiger partial charge on any atom is 0.459 e. The van der Waals surface area contributed by atoms with Crippen LogP contribution < -0.4 is 0 Å². The Morgan fingerprint density at radius 3 is 1.21 bits per heavy atom. The first-order valence-electron chi connectivity index (χ1n) is 4.20. The first kappa shape index (κ1) is 18.2. The van der Waals surface area contributed by atoms with Crippen molar-refractivity contribution in [3.8, 4) is 0 Å². The highest BCUT2D eigenvalue weighted by molar-refractivity contribution is 5.00. The monoisotopic (exact) mass is 316 g/mol. The van der Waals surface area contributed by atoms with Crippen LogP contribution in [0.25, 0.3) is 0 Å². The molecule has 0 saturated heterocycles. The molecule has 0 radical (unpaired) electrons. The van der Waals surface area contributed by atoms with Crippen molar-refractivity contribution >= 4 is 0 Å². The van der Waals surface area contributed by atoms with E-state index in [1.807, 2.05) is 0 Å². The fourth-order valence-corrected chi connectivity index (χ4v) is 0.863. The van der Waals surface area contributed by atoms with E-state index in [1.165, 1.54) is 0 Å². The van der Waals surface area contributed by atoms with Gasteiger partial charge in [-0.25, -0.2) is 22.0 Å². The van der Waals surface area contributed by atoms with E-state index in [-0.39, 0.29) is 0 Å². The number of alkyl halides is 12. The zero-order chi connectivity index (χ0) is 15.8. The second-order valence-corrected chi connectivity index (χ2v) is 3.32. The van der Waals surface area contributed by atoms with E-state index in [1.54, 1.807) is 0 Å². The molecule has 0 amide bonds. The van der Waals surface area contributed by atoms with Crippen molar-refractivity contribution < 1.29 is 52.7 Å². The molecule has 0 nitrogen and oxygen atoms in total. The molecule has 19 heavy (non-hydrogen) atoms. The molecule has 0 spiro atoms. The van der Waals surface area contributed by atoms with Gasteiger partial charge in [-0.05, 0) is 0 Å². The molecule has 116 valence electrons. The van der Waals surface area contributed by atoms with Crippen molar-refractivity contribution in [1.29, 1.82) is 0 Å². The maximum atomic E-state index is 12.5. The van der Waals surface area contributed by atoms with Crippen LogP contribution in [0.3, 0.4) is 0 Å². The molecule has 0 aromatic carbocycles. The SMILES string of the molecule is FC(F)C(F)C(F)C(F)C(F)(F)C(F)(F)C(F)(F)F. The van der Waals surface area contributed by atoms with Crippen molar-refractivity contribution in [3.05, 3.63) is 0 Å². The highest BCUT2D eigenvalue weighted by Crippen LogP contribution is 2.50. The summed E-state index contributed by atoms with van der Waals surface area (Å²) in [6.07, 6.45) is -25.3. The van der Waals surface area contributed by atoms with Crippen LogP contribution in [0.5, 0.6) is 0 Å². The molecule has 0 aliphatic rings. The van der Waals surface area contributed by atoms with Gasteiger partial charge in [0.15, 0.2) is 12.3 Å². The number of rotatable bonds is 5. The van der Waals surface area contributed by atoms with Crippen molar-refractivity contribution in [2.75, 3.05) is 0 Å². The number of halogens is 12. The Balaban J connectivity index is 5.32. The van der Waals surface area contributed by atoms with E-state index in [9.17, 15) is 52.7 Å². The van der Waals surface area contributed by atoms with Gasteiger partial charge in [-0.2, -0.15) is 30.7 Å². The Labute approximate surface area is 96.9 Å². The van der Waals surface area contributed by atoms with Crippen LogP contribution in [0.4, 0.5) is 52.7 Å². The molecule has 0 aromatic rings. The lowest BCUT2D eigenvalue weighted by Crippen LogP contribution is -2.60. The summed E-state index contributed by atoms with van der Waals surface area (Å²) in [5, 5.41) is 0. The minimum absolute atomic E-state index is 4.27. The lowest BCUT2D eigenvalue weighted by Gasteiger charge is -2.32. The van der Waals surface area contributed by atoms with E-state index in [0.717, 1.165) is 0 Å². The molecular weight excluding hydrogens is 312 g/mol. The third kappa shape index (κ3) is 3.19. The molecule has 0 heterocycles. The Hall–Kier alpha value is -0.840. The Kier molecular flexibility index (Phi) is 5.04. The van der Waals surface area contributed by atoms with Gasteiger partial charge in [0, 0.05) is 0 Å². The molecule has 0 fully saturated rings. The van der Waals surface area contributed by atoms with Gasteiger partial charge in [-0.1, -0.05) is 0 Å². The predicted octanol–water partition coefficient (Wildman–Crippen LogP) is 4.10. The molecule has 0 bridgehead atoms. The molecule has 0 saturated carbocycles. The van der Waals surface area contributed by atoms with Gasteiger partial charge in [-0.15, -0.1) is 0 Å². The molecule has 0 aliphatic carbocycles. The average Bonchev–Trinajstić information content (AvgIpc) is 2.23. The van der Waals surface area contributed by atoms with Gasteiger partial charge in [0.25, 0.3) is 6.43 Å². The first-order chi connectivity index (χ1) is 8.18. The molecule has 0 aliphatic heterocycles. The standard InChI is InChI=1S/C7H4F12/c8-1(2(9)4(11)12)3(10)5(13,14)6(15,16)7(17,18)19/h1-4H. The summed E-state index contributed by atoms with van der Waals surface area (Å²) in [6.45, 7) is 0. The molecule has 0 aromatic heterocycles. The molecule has 12 heteroatoms. The second-order valence-electron chi connectivity index (χ2n) is 3.32. The predicted molar refractivity (Wildman–Crippen MR) is 36.6 cm³/mol. The molecule has 0 N–H and O–H groups in total. The summed E-state index contributed by atoms with van der Waals surface area (Å²) in [5.74, 6) is -13.8. The largest absolute Gasteiger partial charge is 0.459 e. The summed E-state index contributed by atoms with van der Waals surface area (Å²) in [4.78, 5) is 0. The lowest BCUT2D eigenvalue weighted by atomic mass is 10.00. The highest BCUT2D eigenvalue weighted by Gasteiger charge is 2.77. The second kappa shape index (κ2) is 5.27. The molecule has 3 atom stereocenters. The zero-order valence-electron chi connectivity index (χ0n) is 8.34. The molecule has 0 rings (SSSR count). The fourth-order valence-electron chi connectivity index (χ4n) is 0.863. The van der Waals surface area contributed by atoms with E-state index >= 15 is 0 Å². The Morgan fingerprint density at radius 1 is 0.579 bits per heavy atom. The summed E-state index contributed by atoms with van der Waals surface area (Å²) in [5.41, 5.74) is 0. The van der Waals surface area contributed by atoms with Crippen molar-refractivity contribution in [1.82, 2.24) is 0 Å². The van der Waals surface area contributed by atoms with Crippen LogP contribution in [0, 0.1) is 0 Å². The van der Waals surface area contributed by atoms with Gasteiger partial charge < -0.3 is 0 Å². The van der Waals surface area contributed by atoms with Gasteiger partial charge >= 0.3 is 18.0 Å². The minimum atomic E-state index is -7.05. The average molecular weight is 316 g/mol. The third-order valence-corrected chi connectivity index (χ3v) is 1.95. The normalized spacial score (nSPS) is 19.4. The topological polar surface area (TPSA) is 0 Å². The highest BCUT2D eigenvalue weighted by atomic mass is 19.4. The number of hydrogen-bond acceptors (Lipinski definition) is 0. The van der Waals surface area contributed by atoms with Crippen LogP contribution in [0.15, 0.2) is 0 Å². The lowest BCUT2D eigenvalue weighted by molar-refractivity contribution is -0.370. The Bertz CT molecular complexity index is 293. The van der Waals surface area contributed by atoms with Gasteiger partial charge in [0.05, 0.1) is 0 Å². The van der Waals surface area contributed by atoms with Gasteiger partial charge in [-0.3, -0.25) is 0 Å².